The molecule has 31 heavy (non-hydrogen) atoms. The van der Waals surface area contributed by atoms with Gasteiger partial charge in [-0.1, -0.05) is 42.5 Å². The first-order valence-corrected chi connectivity index (χ1v) is 10.9. The minimum atomic E-state index is 0.0759. The van der Waals surface area contributed by atoms with Gasteiger partial charge in [-0.25, -0.2) is 4.98 Å². The number of aryl methyl sites for hydroxylation is 3. The number of aromatic nitrogens is 2. The van der Waals surface area contributed by atoms with Gasteiger partial charge in [0.1, 0.15) is 5.82 Å². The second-order valence-electron chi connectivity index (χ2n) is 8.71. The average Bonchev–Trinajstić information content (AvgIpc) is 3.31. The minimum Gasteiger partial charge on any atom is -0.323 e. The Bertz CT molecular complexity index is 1290. The molecule has 1 amide bonds. The van der Waals surface area contributed by atoms with E-state index in [0.29, 0.717) is 13.0 Å². The van der Waals surface area contributed by atoms with Crippen molar-refractivity contribution < 1.29 is 4.79 Å². The normalized spacial score (nSPS) is 16.4. The number of carbonyl (C=O) groups excluding carboxylic acids is 1. The van der Waals surface area contributed by atoms with E-state index in [9.17, 15) is 4.79 Å². The van der Waals surface area contributed by atoms with Gasteiger partial charge in [0.25, 0.3) is 0 Å². The third-order valence-corrected chi connectivity index (χ3v) is 6.40. The molecule has 0 saturated carbocycles. The maximum Gasteiger partial charge on any atom is 0.227 e. The van der Waals surface area contributed by atoms with Crippen LogP contribution in [0.25, 0.3) is 11.0 Å². The SMILES string of the molecule is Cc1cccc(N2C[C@H](c3nc4ccccc4n3Cc3ccc(C)c(C)c3)CC2=O)c1. The molecule has 5 rings (SSSR count). The smallest absolute Gasteiger partial charge is 0.227 e. The number of rotatable bonds is 4. The summed E-state index contributed by atoms with van der Waals surface area (Å²) < 4.78 is 2.30. The number of imidazole rings is 1. The topological polar surface area (TPSA) is 38.1 Å². The van der Waals surface area contributed by atoms with Gasteiger partial charge in [0.05, 0.1) is 11.0 Å². The van der Waals surface area contributed by atoms with E-state index in [-0.39, 0.29) is 11.8 Å². The molecule has 3 aromatic carbocycles. The van der Waals surface area contributed by atoms with Gasteiger partial charge in [-0.15, -0.1) is 0 Å². The number of amides is 1. The molecule has 0 unspecified atom stereocenters. The second-order valence-corrected chi connectivity index (χ2v) is 8.71. The Morgan fingerprint density at radius 2 is 1.77 bits per heavy atom. The fourth-order valence-corrected chi connectivity index (χ4v) is 4.58. The molecule has 4 nitrogen and oxygen atoms in total. The minimum absolute atomic E-state index is 0.0759. The Kier molecular flexibility index (Phi) is 4.85. The van der Waals surface area contributed by atoms with Gasteiger partial charge in [0.15, 0.2) is 0 Å². The quantitative estimate of drug-likeness (QED) is 0.444. The predicted octanol–water partition coefficient (Wildman–Crippen LogP) is 5.53. The van der Waals surface area contributed by atoms with E-state index >= 15 is 0 Å². The molecular formula is C27H27N3O. The van der Waals surface area contributed by atoms with Gasteiger partial charge in [0.2, 0.25) is 5.91 Å². The number of fused-ring (bicyclic) bond motifs is 1. The van der Waals surface area contributed by atoms with Crippen LogP contribution in [0.3, 0.4) is 0 Å². The van der Waals surface area contributed by atoms with E-state index in [1.54, 1.807) is 0 Å². The third kappa shape index (κ3) is 3.63. The van der Waals surface area contributed by atoms with Crippen molar-refractivity contribution in [1.29, 1.82) is 0 Å². The van der Waals surface area contributed by atoms with E-state index in [2.05, 4.69) is 73.9 Å². The summed E-state index contributed by atoms with van der Waals surface area (Å²) in [5, 5.41) is 0. The highest BCUT2D eigenvalue weighted by Crippen LogP contribution is 2.34. The third-order valence-electron chi connectivity index (χ3n) is 6.40. The van der Waals surface area contributed by atoms with E-state index in [0.717, 1.165) is 34.7 Å². The fourth-order valence-electron chi connectivity index (χ4n) is 4.58. The number of benzene rings is 3. The van der Waals surface area contributed by atoms with Crippen LogP contribution >= 0.6 is 0 Å². The van der Waals surface area contributed by atoms with Crippen LogP contribution in [0, 0.1) is 20.8 Å². The van der Waals surface area contributed by atoms with Gasteiger partial charge in [0, 0.05) is 31.1 Å². The number of hydrogen-bond donors (Lipinski definition) is 0. The van der Waals surface area contributed by atoms with Crippen LogP contribution in [0.5, 0.6) is 0 Å². The van der Waals surface area contributed by atoms with Crippen molar-refractivity contribution in [1.82, 2.24) is 9.55 Å². The number of anilines is 1. The summed E-state index contributed by atoms with van der Waals surface area (Å²) in [5.41, 5.74) is 8.10. The summed E-state index contributed by atoms with van der Waals surface area (Å²) in [6, 6.07) is 23.1. The van der Waals surface area contributed by atoms with Crippen molar-refractivity contribution >= 4 is 22.6 Å². The molecular weight excluding hydrogens is 382 g/mol. The largest absolute Gasteiger partial charge is 0.323 e. The van der Waals surface area contributed by atoms with Crippen LogP contribution < -0.4 is 4.90 Å². The van der Waals surface area contributed by atoms with Crippen molar-refractivity contribution in [2.24, 2.45) is 0 Å². The Morgan fingerprint density at radius 1 is 0.935 bits per heavy atom. The zero-order valence-electron chi connectivity index (χ0n) is 18.3. The van der Waals surface area contributed by atoms with Crippen LogP contribution in [0.4, 0.5) is 5.69 Å². The molecule has 2 heterocycles. The van der Waals surface area contributed by atoms with Gasteiger partial charge in [-0.05, 0) is 67.3 Å². The molecule has 0 spiro atoms. The average molecular weight is 410 g/mol. The summed E-state index contributed by atoms with van der Waals surface area (Å²) in [6.45, 7) is 7.78. The monoisotopic (exact) mass is 409 g/mol. The summed E-state index contributed by atoms with van der Waals surface area (Å²) in [7, 11) is 0. The summed E-state index contributed by atoms with van der Waals surface area (Å²) in [4.78, 5) is 19.8. The van der Waals surface area contributed by atoms with Crippen molar-refractivity contribution in [2.75, 3.05) is 11.4 Å². The standard InChI is InChI=1S/C27H27N3O/c1-18-7-6-8-23(13-18)29-17-22(15-26(29)31)27-28-24-9-4-5-10-25(24)30(27)16-21-12-11-19(2)20(3)14-21/h4-14,22H,15-17H2,1-3H3/t22-/m1/s1. The Hall–Kier alpha value is -3.40. The van der Waals surface area contributed by atoms with Crippen molar-refractivity contribution in [3.63, 3.8) is 0 Å². The van der Waals surface area contributed by atoms with E-state index in [4.69, 9.17) is 4.98 Å². The lowest BCUT2D eigenvalue weighted by Gasteiger charge is -2.18. The molecule has 1 saturated heterocycles. The number of hydrogen-bond acceptors (Lipinski definition) is 2. The fraction of sp³-hybridized carbons (Fsp3) is 0.259. The van der Waals surface area contributed by atoms with Crippen LogP contribution in [0.15, 0.2) is 66.7 Å². The van der Waals surface area contributed by atoms with Crippen molar-refractivity contribution in [3.8, 4) is 0 Å². The van der Waals surface area contributed by atoms with Gasteiger partial charge in [-0.3, -0.25) is 4.79 Å². The predicted molar refractivity (Wildman–Crippen MR) is 126 cm³/mol. The van der Waals surface area contributed by atoms with Crippen LogP contribution in [0.1, 0.15) is 40.4 Å². The molecule has 4 aromatic rings. The Labute approximate surface area is 183 Å². The molecule has 0 N–H and O–H groups in total. The molecule has 4 heteroatoms. The van der Waals surface area contributed by atoms with Crippen LogP contribution in [-0.2, 0) is 11.3 Å². The highest BCUT2D eigenvalue weighted by molar-refractivity contribution is 5.96. The lowest BCUT2D eigenvalue weighted by atomic mass is 10.1. The highest BCUT2D eigenvalue weighted by atomic mass is 16.2. The number of para-hydroxylation sites is 2. The first-order chi connectivity index (χ1) is 15.0. The van der Waals surface area contributed by atoms with Crippen LogP contribution in [-0.4, -0.2) is 22.0 Å². The molecule has 1 fully saturated rings. The Balaban J connectivity index is 1.53. The Morgan fingerprint density at radius 3 is 2.58 bits per heavy atom. The maximum atomic E-state index is 12.9. The lowest BCUT2D eigenvalue weighted by Crippen LogP contribution is -2.24. The number of carbonyl (C=O) groups is 1. The van der Waals surface area contributed by atoms with Crippen molar-refractivity contribution in [3.05, 3.63) is 94.8 Å². The molecule has 1 atom stereocenters. The van der Waals surface area contributed by atoms with E-state index in [1.165, 1.54) is 16.7 Å². The molecule has 0 radical (unpaired) electrons. The summed E-state index contributed by atoms with van der Waals surface area (Å²) in [5.74, 6) is 1.25. The molecule has 0 bridgehead atoms. The van der Waals surface area contributed by atoms with E-state index < -0.39 is 0 Å². The van der Waals surface area contributed by atoms with E-state index in [1.807, 2.05) is 23.1 Å². The molecule has 1 aliphatic heterocycles. The molecule has 0 aliphatic carbocycles. The van der Waals surface area contributed by atoms with Crippen LogP contribution in [0.2, 0.25) is 0 Å². The first kappa shape index (κ1) is 19.6. The van der Waals surface area contributed by atoms with Crippen molar-refractivity contribution in [2.45, 2.75) is 39.7 Å². The number of nitrogens with zero attached hydrogens (tertiary/aromatic N) is 3. The highest BCUT2D eigenvalue weighted by Gasteiger charge is 2.34. The van der Waals surface area contributed by atoms with Gasteiger partial charge < -0.3 is 9.47 Å². The van der Waals surface area contributed by atoms with Gasteiger partial charge >= 0.3 is 0 Å². The second kappa shape index (κ2) is 7.69. The molecule has 1 aliphatic rings. The summed E-state index contributed by atoms with van der Waals surface area (Å²) >= 11 is 0. The molecule has 156 valence electrons. The first-order valence-electron chi connectivity index (χ1n) is 10.9. The lowest BCUT2D eigenvalue weighted by molar-refractivity contribution is -0.117. The maximum absolute atomic E-state index is 12.9. The zero-order valence-corrected chi connectivity index (χ0v) is 18.3. The van der Waals surface area contributed by atoms with Gasteiger partial charge in [-0.2, -0.15) is 0 Å². The molecule has 1 aromatic heterocycles. The summed E-state index contributed by atoms with van der Waals surface area (Å²) in [6.07, 6.45) is 0.490. The zero-order chi connectivity index (χ0) is 21.5.